The number of carboxylic acid groups (broad SMARTS) is 1. The largest absolute Gasteiger partial charge is 0.479 e. The number of aryl methyl sites for hydroxylation is 2. The number of hydrogen-bond acceptors (Lipinski definition) is 4. The fourth-order valence-corrected chi connectivity index (χ4v) is 3.45. The van der Waals surface area contributed by atoms with Crippen molar-refractivity contribution in [1.82, 2.24) is 9.78 Å². The molecule has 0 aliphatic heterocycles. The molecule has 1 fully saturated rings. The normalized spacial score (nSPS) is 15.0. The lowest BCUT2D eigenvalue weighted by Crippen LogP contribution is -2.23. The molecule has 1 aromatic carbocycles. The number of halogens is 1. The van der Waals surface area contributed by atoms with Gasteiger partial charge in [-0.2, -0.15) is 5.10 Å². The van der Waals surface area contributed by atoms with E-state index < -0.39 is 12.1 Å². The third kappa shape index (κ3) is 3.72. The van der Waals surface area contributed by atoms with Gasteiger partial charge in [-0.1, -0.05) is 6.92 Å². The van der Waals surface area contributed by atoms with Crippen molar-refractivity contribution in [2.45, 2.75) is 52.1 Å². The fourth-order valence-electron chi connectivity index (χ4n) is 2.90. The van der Waals surface area contributed by atoms with E-state index in [0.29, 0.717) is 21.9 Å². The van der Waals surface area contributed by atoms with E-state index in [2.05, 4.69) is 28.0 Å². The van der Waals surface area contributed by atoms with Crippen LogP contribution in [-0.2, 0) is 18.3 Å². The average molecular weight is 423 g/mol. The van der Waals surface area contributed by atoms with E-state index in [9.17, 15) is 4.79 Å². The second-order valence-corrected chi connectivity index (χ2v) is 7.52. The van der Waals surface area contributed by atoms with Gasteiger partial charge in [0, 0.05) is 24.6 Å². The van der Waals surface area contributed by atoms with Gasteiger partial charge >= 0.3 is 5.97 Å². The second kappa shape index (κ2) is 7.31. The molecule has 0 spiro atoms. The fraction of sp³-hybridized carbons (Fsp3) is 0.474. The van der Waals surface area contributed by atoms with Crippen LogP contribution in [0.3, 0.4) is 0 Å². The van der Waals surface area contributed by atoms with Crippen LogP contribution in [0.5, 0.6) is 17.4 Å². The zero-order chi connectivity index (χ0) is 19.0. The molecule has 26 heavy (non-hydrogen) atoms. The number of ether oxygens (including phenoxy) is 2. The molecule has 1 aliphatic carbocycles. The lowest BCUT2D eigenvalue weighted by Gasteiger charge is -2.16. The number of aliphatic carboxylic acids is 1. The highest BCUT2D eigenvalue weighted by molar-refractivity contribution is 9.10. The molecule has 0 radical (unpaired) electrons. The van der Waals surface area contributed by atoms with Gasteiger partial charge in [-0.3, -0.25) is 0 Å². The molecule has 140 valence electrons. The Balaban J connectivity index is 1.94. The van der Waals surface area contributed by atoms with Crippen LogP contribution in [0.15, 0.2) is 16.6 Å². The van der Waals surface area contributed by atoms with Gasteiger partial charge in [0.2, 0.25) is 5.88 Å². The summed E-state index contributed by atoms with van der Waals surface area (Å²) in [6.07, 6.45) is 2.27. The summed E-state index contributed by atoms with van der Waals surface area (Å²) in [6.45, 7) is 5.54. The van der Waals surface area contributed by atoms with Gasteiger partial charge in [0.05, 0.1) is 10.2 Å². The Labute approximate surface area is 161 Å². The molecule has 1 heterocycles. The minimum Gasteiger partial charge on any atom is -0.479 e. The maximum atomic E-state index is 11.1. The van der Waals surface area contributed by atoms with Crippen LogP contribution in [-0.4, -0.2) is 27.0 Å². The SMILES string of the molecule is CCc1c(C2CC2)nn(C)c1Oc1cc(O[C@@H](C)C(=O)O)c(Br)cc1C. The van der Waals surface area contributed by atoms with Crippen molar-refractivity contribution >= 4 is 21.9 Å². The Hall–Kier alpha value is -2.02. The minimum atomic E-state index is -1.02. The quantitative estimate of drug-likeness (QED) is 0.706. The number of rotatable bonds is 7. The maximum absolute atomic E-state index is 11.1. The first-order valence-corrected chi connectivity index (χ1v) is 9.54. The highest BCUT2D eigenvalue weighted by atomic mass is 79.9. The molecule has 2 aromatic rings. The van der Waals surface area contributed by atoms with E-state index in [1.165, 1.54) is 19.8 Å². The molecule has 0 amide bonds. The van der Waals surface area contributed by atoms with E-state index in [1.54, 1.807) is 10.7 Å². The highest BCUT2D eigenvalue weighted by Crippen LogP contribution is 2.44. The van der Waals surface area contributed by atoms with Crippen molar-refractivity contribution in [3.8, 4) is 17.4 Å². The first-order valence-electron chi connectivity index (χ1n) is 8.75. The molecule has 1 aliphatic rings. The first-order chi connectivity index (χ1) is 12.3. The summed E-state index contributed by atoms with van der Waals surface area (Å²) in [5.41, 5.74) is 3.19. The van der Waals surface area contributed by atoms with Gasteiger partial charge in [0.15, 0.2) is 6.10 Å². The molecule has 1 N–H and O–H groups in total. The molecule has 0 unspecified atom stereocenters. The van der Waals surface area contributed by atoms with Gasteiger partial charge in [-0.05, 0) is 60.7 Å². The number of hydrogen-bond donors (Lipinski definition) is 1. The zero-order valence-corrected chi connectivity index (χ0v) is 17.0. The monoisotopic (exact) mass is 422 g/mol. The number of aromatic nitrogens is 2. The predicted molar refractivity (Wildman–Crippen MR) is 101 cm³/mol. The van der Waals surface area contributed by atoms with Crippen LogP contribution >= 0.6 is 15.9 Å². The van der Waals surface area contributed by atoms with Crippen LogP contribution in [0.2, 0.25) is 0 Å². The number of benzene rings is 1. The van der Waals surface area contributed by atoms with E-state index in [-0.39, 0.29) is 0 Å². The summed E-state index contributed by atoms with van der Waals surface area (Å²) in [6, 6.07) is 3.59. The van der Waals surface area contributed by atoms with Crippen molar-refractivity contribution in [2.75, 3.05) is 0 Å². The summed E-state index contributed by atoms with van der Waals surface area (Å²) in [7, 11) is 1.89. The van der Waals surface area contributed by atoms with Crippen molar-refractivity contribution < 1.29 is 19.4 Å². The van der Waals surface area contributed by atoms with Crippen LogP contribution in [0.25, 0.3) is 0 Å². The minimum absolute atomic E-state index is 0.433. The number of carboxylic acids is 1. The molecule has 3 rings (SSSR count). The smallest absolute Gasteiger partial charge is 0.344 e. The Morgan fingerprint density at radius 2 is 2.12 bits per heavy atom. The van der Waals surface area contributed by atoms with Crippen LogP contribution in [0.1, 0.15) is 49.4 Å². The van der Waals surface area contributed by atoms with Gasteiger partial charge < -0.3 is 14.6 Å². The van der Waals surface area contributed by atoms with Gasteiger partial charge in [0.1, 0.15) is 11.5 Å². The molecule has 1 aromatic heterocycles. The van der Waals surface area contributed by atoms with Crippen molar-refractivity contribution in [3.63, 3.8) is 0 Å². The molecule has 0 saturated heterocycles. The summed E-state index contributed by atoms with van der Waals surface area (Å²) in [5, 5.41) is 13.7. The molecule has 1 atom stereocenters. The van der Waals surface area contributed by atoms with E-state index in [1.807, 2.05) is 20.0 Å². The number of carbonyl (C=O) groups is 1. The summed E-state index contributed by atoms with van der Waals surface area (Å²) < 4.78 is 14.2. The van der Waals surface area contributed by atoms with Gasteiger partial charge in [-0.25, -0.2) is 9.48 Å². The third-order valence-electron chi connectivity index (χ3n) is 4.52. The standard InChI is InChI=1S/C19H23BrN2O4/c1-5-13-17(12-6-7-12)21-22(4)18(13)26-15-9-16(14(20)8-10(15)2)25-11(3)19(23)24/h8-9,11-12H,5-7H2,1-4H3,(H,23,24)/t11-/m0/s1. The lowest BCUT2D eigenvalue weighted by atomic mass is 10.1. The summed E-state index contributed by atoms with van der Waals surface area (Å²) in [5.74, 6) is 1.32. The maximum Gasteiger partial charge on any atom is 0.344 e. The Bertz CT molecular complexity index is 843. The molecule has 7 heteroatoms. The van der Waals surface area contributed by atoms with Crippen molar-refractivity contribution in [1.29, 1.82) is 0 Å². The Morgan fingerprint density at radius 1 is 1.42 bits per heavy atom. The highest BCUT2D eigenvalue weighted by Gasteiger charge is 2.31. The molecule has 1 saturated carbocycles. The van der Waals surface area contributed by atoms with Crippen molar-refractivity contribution in [3.05, 3.63) is 33.4 Å². The summed E-state index contributed by atoms with van der Waals surface area (Å²) in [4.78, 5) is 11.1. The zero-order valence-electron chi connectivity index (χ0n) is 15.4. The van der Waals surface area contributed by atoms with Crippen LogP contribution in [0, 0.1) is 6.92 Å². The Morgan fingerprint density at radius 3 is 2.69 bits per heavy atom. The predicted octanol–water partition coefficient (Wildman–Crippen LogP) is 4.58. The van der Waals surface area contributed by atoms with Crippen LogP contribution < -0.4 is 9.47 Å². The molecular formula is C19H23BrN2O4. The van der Waals surface area contributed by atoms with Gasteiger partial charge in [0.25, 0.3) is 0 Å². The van der Waals surface area contributed by atoms with E-state index in [0.717, 1.165) is 29.1 Å². The number of nitrogens with zero attached hydrogens (tertiary/aromatic N) is 2. The van der Waals surface area contributed by atoms with Gasteiger partial charge in [-0.15, -0.1) is 0 Å². The van der Waals surface area contributed by atoms with E-state index >= 15 is 0 Å². The topological polar surface area (TPSA) is 73.6 Å². The third-order valence-corrected chi connectivity index (χ3v) is 5.14. The summed E-state index contributed by atoms with van der Waals surface area (Å²) >= 11 is 3.43. The molecule has 0 bridgehead atoms. The first kappa shape index (κ1) is 18.8. The molecular weight excluding hydrogens is 400 g/mol. The van der Waals surface area contributed by atoms with E-state index in [4.69, 9.17) is 14.6 Å². The lowest BCUT2D eigenvalue weighted by molar-refractivity contribution is -0.144. The molecule has 6 nitrogen and oxygen atoms in total. The Kier molecular flexibility index (Phi) is 5.27. The average Bonchev–Trinajstić information content (AvgIpc) is 3.37. The van der Waals surface area contributed by atoms with Crippen molar-refractivity contribution in [2.24, 2.45) is 7.05 Å². The second-order valence-electron chi connectivity index (χ2n) is 6.67. The van der Waals surface area contributed by atoms with Crippen LogP contribution in [0.4, 0.5) is 0 Å².